The lowest BCUT2D eigenvalue weighted by molar-refractivity contribution is 0.312. The van der Waals surface area contributed by atoms with Crippen molar-refractivity contribution in [2.24, 2.45) is 0 Å². The van der Waals surface area contributed by atoms with E-state index in [9.17, 15) is 0 Å². The van der Waals surface area contributed by atoms with E-state index in [0.29, 0.717) is 0 Å². The number of hydrogen-bond donors (Lipinski definition) is 1. The zero-order valence-electron chi connectivity index (χ0n) is 11.8. The summed E-state index contributed by atoms with van der Waals surface area (Å²) in [6.45, 7) is 5.46. The molecule has 0 aromatic carbocycles. The summed E-state index contributed by atoms with van der Waals surface area (Å²) in [5.41, 5.74) is 1.21. The maximum atomic E-state index is 4.78. The van der Waals surface area contributed by atoms with Gasteiger partial charge in [0.05, 0.1) is 5.69 Å². The van der Waals surface area contributed by atoms with Gasteiger partial charge in [0.15, 0.2) is 5.13 Å². The molecule has 4 nitrogen and oxygen atoms in total. The third kappa shape index (κ3) is 3.46. The summed E-state index contributed by atoms with van der Waals surface area (Å²) in [5, 5.41) is 7.06. The summed E-state index contributed by atoms with van der Waals surface area (Å²) >= 11 is 1.80. The first-order valence-corrected chi connectivity index (χ1v) is 8.30. The van der Waals surface area contributed by atoms with Crippen molar-refractivity contribution in [2.75, 3.05) is 38.1 Å². The number of aromatic nitrogens is 1. The van der Waals surface area contributed by atoms with Crippen LogP contribution >= 0.6 is 11.3 Å². The lowest BCUT2D eigenvalue weighted by Crippen LogP contribution is -2.44. The minimum absolute atomic E-state index is 0.730. The molecule has 1 N–H and O–H groups in total. The van der Waals surface area contributed by atoms with Crippen LogP contribution in [0.3, 0.4) is 0 Å². The van der Waals surface area contributed by atoms with Gasteiger partial charge in [-0.2, -0.15) is 0 Å². The van der Waals surface area contributed by atoms with Gasteiger partial charge in [0, 0.05) is 44.1 Å². The number of rotatable bonds is 4. The summed E-state index contributed by atoms with van der Waals surface area (Å²) in [4.78, 5) is 9.59. The second kappa shape index (κ2) is 6.20. The molecule has 1 aromatic heterocycles. The highest BCUT2D eigenvalue weighted by molar-refractivity contribution is 7.13. The monoisotopic (exact) mass is 280 g/mol. The molecular weight excluding hydrogens is 256 g/mol. The van der Waals surface area contributed by atoms with Crippen LogP contribution in [-0.4, -0.2) is 49.2 Å². The van der Waals surface area contributed by atoms with Gasteiger partial charge < -0.3 is 15.1 Å². The Hall–Kier alpha value is -0.650. The van der Waals surface area contributed by atoms with E-state index >= 15 is 0 Å². The van der Waals surface area contributed by atoms with E-state index in [1.54, 1.807) is 11.3 Å². The highest BCUT2D eigenvalue weighted by atomic mass is 32.1. The third-order valence-corrected chi connectivity index (χ3v) is 5.19. The Bertz CT molecular complexity index is 392. The van der Waals surface area contributed by atoms with E-state index in [1.165, 1.54) is 36.5 Å². The number of piperazine rings is 1. The van der Waals surface area contributed by atoms with Crippen molar-refractivity contribution in [1.29, 1.82) is 0 Å². The molecule has 5 heteroatoms. The van der Waals surface area contributed by atoms with Gasteiger partial charge in [0.2, 0.25) is 0 Å². The number of nitrogens with one attached hydrogen (secondary N) is 1. The van der Waals surface area contributed by atoms with E-state index in [4.69, 9.17) is 4.98 Å². The molecule has 1 aromatic rings. The van der Waals surface area contributed by atoms with Crippen LogP contribution in [0.4, 0.5) is 5.13 Å². The number of anilines is 1. The molecule has 0 unspecified atom stereocenters. The van der Waals surface area contributed by atoms with Gasteiger partial charge in [-0.05, 0) is 19.9 Å². The molecule has 2 fully saturated rings. The first-order valence-electron chi connectivity index (χ1n) is 7.42. The molecular formula is C14H24N4S. The average molecular weight is 280 g/mol. The largest absolute Gasteiger partial charge is 0.346 e. The van der Waals surface area contributed by atoms with Gasteiger partial charge in [0.1, 0.15) is 0 Å². The molecule has 1 saturated carbocycles. The van der Waals surface area contributed by atoms with Crippen molar-refractivity contribution < 1.29 is 0 Å². The van der Waals surface area contributed by atoms with Crippen molar-refractivity contribution in [3.63, 3.8) is 0 Å². The molecule has 0 bridgehead atoms. The van der Waals surface area contributed by atoms with Crippen LogP contribution in [0.15, 0.2) is 5.38 Å². The van der Waals surface area contributed by atoms with E-state index in [1.807, 2.05) is 0 Å². The van der Waals surface area contributed by atoms with Crippen LogP contribution in [0.2, 0.25) is 0 Å². The van der Waals surface area contributed by atoms with Gasteiger partial charge in [-0.15, -0.1) is 11.3 Å². The molecule has 0 atom stereocenters. The number of hydrogen-bond acceptors (Lipinski definition) is 5. The smallest absolute Gasteiger partial charge is 0.185 e. The lowest BCUT2D eigenvalue weighted by atomic mass is 10.2. The summed E-state index contributed by atoms with van der Waals surface area (Å²) in [7, 11) is 2.19. The Morgan fingerprint density at radius 2 is 2.00 bits per heavy atom. The van der Waals surface area contributed by atoms with Crippen molar-refractivity contribution in [3.05, 3.63) is 11.1 Å². The van der Waals surface area contributed by atoms with Gasteiger partial charge in [0.25, 0.3) is 0 Å². The highest BCUT2D eigenvalue weighted by Crippen LogP contribution is 2.22. The van der Waals surface area contributed by atoms with Crippen LogP contribution in [0.1, 0.15) is 31.4 Å². The number of nitrogens with zero attached hydrogens (tertiary/aromatic N) is 3. The molecule has 1 aliphatic heterocycles. The van der Waals surface area contributed by atoms with Crippen molar-refractivity contribution in [2.45, 2.75) is 38.3 Å². The van der Waals surface area contributed by atoms with Gasteiger partial charge in [-0.1, -0.05) is 12.8 Å². The molecule has 19 heavy (non-hydrogen) atoms. The molecule has 0 radical (unpaired) electrons. The zero-order chi connectivity index (χ0) is 13.1. The van der Waals surface area contributed by atoms with Crippen molar-refractivity contribution in [3.8, 4) is 0 Å². The second-order valence-electron chi connectivity index (χ2n) is 5.77. The van der Waals surface area contributed by atoms with E-state index in [2.05, 4.69) is 27.5 Å². The predicted octanol–water partition coefficient (Wildman–Crippen LogP) is 1.93. The quantitative estimate of drug-likeness (QED) is 0.913. The van der Waals surface area contributed by atoms with Crippen LogP contribution in [0, 0.1) is 0 Å². The Morgan fingerprint density at radius 1 is 1.26 bits per heavy atom. The van der Waals surface area contributed by atoms with Crippen LogP contribution in [-0.2, 0) is 6.54 Å². The Balaban J connectivity index is 1.51. The molecule has 0 spiro atoms. The summed E-state index contributed by atoms with van der Waals surface area (Å²) in [5.74, 6) is 0. The highest BCUT2D eigenvalue weighted by Gasteiger charge is 2.18. The van der Waals surface area contributed by atoms with Gasteiger partial charge in [-0.3, -0.25) is 0 Å². The molecule has 1 aliphatic carbocycles. The fourth-order valence-electron chi connectivity index (χ4n) is 2.90. The number of likely N-dealkylation sites (N-methyl/N-ethyl adjacent to an activating group) is 1. The predicted molar refractivity (Wildman–Crippen MR) is 80.9 cm³/mol. The summed E-state index contributed by atoms with van der Waals surface area (Å²) in [6.07, 6.45) is 5.47. The molecule has 106 valence electrons. The fourth-order valence-corrected chi connectivity index (χ4v) is 3.78. The molecule has 0 amide bonds. The van der Waals surface area contributed by atoms with E-state index in [0.717, 1.165) is 38.8 Å². The Morgan fingerprint density at radius 3 is 2.74 bits per heavy atom. The fraction of sp³-hybridized carbons (Fsp3) is 0.786. The summed E-state index contributed by atoms with van der Waals surface area (Å²) < 4.78 is 0. The van der Waals surface area contributed by atoms with Crippen molar-refractivity contribution in [1.82, 2.24) is 15.2 Å². The van der Waals surface area contributed by atoms with E-state index in [-0.39, 0.29) is 0 Å². The Kier molecular flexibility index (Phi) is 4.35. The second-order valence-corrected chi connectivity index (χ2v) is 6.61. The minimum atomic E-state index is 0.730. The normalized spacial score (nSPS) is 22.3. The van der Waals surface area contributed by atoms with E-state index < -0.39 is 0 Å². The van der Waals surface area contributed by atoms with Crippen molar-refractivity contribution >= 4 is 16.5 Å². The van der Waals surface area contributed by atoms with Gasteiger partial charge in [-0.25, -0.2) is 4.98 Å². The summed E-state index contributed by atoms with van der Waals surface area (Å²) in [6, 6.07) is 0.730. The number of thiazole rings is 1. The molecule has 2 heterocycles. The van der Waals surface area contributed by atoms with Gasteiger partial charge >= 0.3 is 0 Å². The maximum absolute atomic E-state index is 4.78. The first-order chi connectivity index (χ1) is 9.31. The zero-order valence-corrected chi connectivity index (χ0v) is 12.6. The molecule has 3 rings (SSSR count). The lowest BCUT2D eigenvalue weighted by Gasteiger charge is -2.32. The molecule has 1 saturated heterocycles. The SMILES string of the molecule is CN1CCN(c2nc(CNC3CCCC3)cs2)CC1. The topological polar surface area (TPSA) is 31.4 Å². The van der Waals surface area contributed by atoms with Crippen LogP contribution in [0.25, 0.3) is 0 Å². The third-order valence-electron chi connectivity index (χ3n) is 4.24. The minimum Gasteiger partial charge on any atom is -0.346 e. The Labute approximate surface area is 119 Å². The maximum Gasteiger partial charge on any atom is 0.185 e. The standard InChI is InChI=1S/C14H24N4S/c1-17-6-8-18(9-7-17)14-16-13(11-19-14)10-15-12-4-2-3-5-12/h11-12,15H,2-10H2,1H3. The first kappa shape index (κ1) is 13.3. The van der Waals surface area contributed by atoms with Crippen LogP contribution < -0.4 is 10.2 Å². The average Bonchev–Trinajstić information content (AvgIpc) is 3.09. The molecule has 2 aliphatic rings. The van der Waals surface area contributed by atoms with Crippen LogP contribution in [0.5, 0.6) is 0 Å².